The highest BCUT2D eigenvalue weighted by Gasteiger charge is 2.40. The van der Waals surface area contributed by atoms with Crippen LogP contribution in [0.5, 0.6) is 11.5 Å². The van der Waals surface area contributed by atoms with E-state index in [0.29, 0.717) is 24.0 Å². The lowest BCUT2D eigenvalue weighted by molar-refractivity contribution is -0.144. The molecule has 1 aliphatic rings. The largest absolute Gasteiger partial charge is 0.508 e. The summed E-state index contributed by atoms with van der Waals surface area (Å²) in [6, 6.07) is 6.42. The van der Waals surface area contributed by atoms with Crippen molar-refractivity contribution in [1.29, 1.82) is 0 Å². The summed E-state index contributed by atoms with van der Waals surface area (Å²) in [5.74, 6) is -4.38. The number of aromatic hydroxyl groups is 2. The van der Waals surface area contributed by atoms with Gasteiger partial charge in [0.05, 0.1) is 0 Å². The second kappa shape index (κ2) is 20.4. The standard InChI is InChI=1S/C38H55N5O9/c1-4-5-6-7-8-10-28(39)33(46)36(49)42-32(23(2)3)37(50)43-20-9-11-31(43)35(48)40-29(21-24-12-16-26(44)17-13-24)34(47)41-30(38(51)52)22-25-14-18-27(45)19-15-25/h12-19,23,28-33,44-46H,4-11,20-22,39H2,1-3H3,(H,40,48)(H,41,47)(H,42,49)(H,51,52). The Morgan fingerprint density at radius 3 is 1.90 bits per heavy atom. The number of aliphatic hydroxyl groups excluding tert-OH is 1. The number of likely N-dealkylation sites (tertiary alicyclic amines) is 1. The van der Waals surface area contributed by atoms with Gasteiger partial charge in [-0.05, 0) is 60.6 Å². The quantitative estimate of drug-likeness (QED) is 0.0927. The summed E-state index contributed by atoms with van der Waals surface area (Å²) in [6.07, 6.45) is 4.52. The van der Waals surface area contributed by atoms with Crippen LogP contribution in [0.4, 0.5) is 0 Å². The van der Waals surface area contributed by atoms with E-state index in [9.17, 15) is 44.4 Å². The number of nitrogens with two attached hydrogens (primary N) is 1. The molecule has 9 N–H and O–H groups in total. The molecule has 0 bridgehead atoms. The first-order valence-corrected chi connectivity index (χ1v) is 18.2. The fourth-order valence-electron chi connectivity index (χ4n) is 6.25. The first-order chi connectivity index (χ1) is 24.7. The minimum atomic E-state index is -1.51. The number of aliphatic hydroxyl groups is 1. The van der Waals surface area contributed by atoms with Crippen LogP contribution >= 0.6 is 0 Å². The van der Waals surface area contributed by atoms with Crippen molar-refractivity contribution < 1.29 is 44.4 Å². The van der Waals surface area contributed by atoms with E-state index < -0.39 is 71.8 Å². The second-order valence-corrected chi connectivity index (χ2v) is 13.9. The van der Waals surface area contributed by atoms with Crippen molar-refractivity contribution >= 4 is 29.6 Å². The Balaban J connectivity index is 1.74. The molecule has 4 amide bonds. The normalized spacial score (nSPS) is 17.1. The number of aliphatic carboxylic acids is 1. The number of carbonyl (C=O) groups excluding carboxylic acids is 4. The fraction of sp³-hybridized carbons (Fsp3) is 0.553. The first-order valence-electron chi connectivity index (χ1n) is 18.2. The molecule has 2 aromatic carbocycles. The Morgan fingerprint density at radius 2 is 1.37 bits per heavy atom. The molecule has 14 heteroatoms. The predicted octanol–water partition coefficient (Wildman–Crippen LogP) is 2.12. The van der Waals surface area contributed by atoms with E-state index >= 15 is 0 Å². The molecule has 1 aliphatic heterocycles. The summed E-state index contributed by atoms with van der Waals surface area (Å²) in [4.78, 5) is 67.9. The van der Waals surface area contributed by atoms with E-state index in [4.69, 9.17) is 5.73 Å². The van der Waals surface area contributed by atoms with Gasteiger partial charge in [-0.25, -0.2) is 4.79 Å². The molecule has 286 valence electrons. The summed E-state index contributed by atoms with van der Waals surface area (Å²) in [5, 5.41) is 47.8. The lowest BCUT2D eigenvalue weighted by Gasteiger charge is -2.32. The number of carboxylic acids is 1. The smallest absolute Gasteiger partial charge is 0.326 e. The van der Waals surface area contributed by atoms with Crippen LogP contribution in [0.2, 0.25) is 0 Å². The van der Waals surface area contributed by atoms with Gasteiger partial charge >= 0.3 is 5.97 Å². The van der Waals surface area contributed by atoms with Crippen LogP contribution in [0.1, 0.15) is 83.3 Å². The summed E-state index contributed by atoms with van der Waals surface area (Å²) in [6.45, 7) is 5.81. The molecule has 6 unspecified atom stereocenters. The number of hydrogen-bond acceptors (Lipinski definition) is 9. The minimum Gasteiger partial charge on any atom is -0.508 e. The number of rotatable bonds is 20. The molecule has 2 aromatic rings. The molecule has 0 saturated carbocycles. The van der Waals surface area contributed by atoms with Gasteiger partial charge in [-0.2, -0.15) is 0 Å². The zero-order valence-corrected chi connectivity index (χ0v) is 30.3. The van der Waals surface area contributed by atoms with E-state index in [1.165, 1.54) is 41.3 Å². The van der Waals surface area contributed by atoms with Gasteiger partial charge < -0.3 is 47.0 Å². The number of phenols is 2. The van der Waals surface area contributed by atoms with Crippen LogP contribution in [0.15, 0.2) is 48.5 Å². The Morgan fingerprint density at radius 1 is 0.808 bits per heavy atom. The fourth-order valence-corrected chi connectivity index (χ4v) is 6.25. The van der Waals surface area contributed by atoms with Crippen LogP contribution in [0.3, 0.4) is 0 Å². The summed E-state index contributed by atoms with van der Waals surface area (Å²) >= 11 is 0. The minimum absolute atomic E-state index is 0.00237. The summed E-state index contributed by atoms with van der Waals surface area (Å²) in [5.41, 5.74) is 7.24. The van der Waals surface area contributed by atoms with Crippen molar-refractivity contribution in [3.8, 4) is 11.5 Å². The Kier molecular flexibility index (Phi) is 16.4. The Labute approximate surface area is 305 Å². The summed E-state index contributed by atoms with van der Waals surface area (Å²) < 4.78 is 0. The van der Waals surface area contributed by atoms with Gasteiger partial charge in [0.1, 0.15) is 41.8 Å². The third kappa shape index (κ3) is 12.5. The van der Waals surface area contributed by atoms with Crippen molar-refractivity contribution in [2.24, 2.45) is 11.7 Å². The van der Waals surface area contributed by atoms with Crippen molar-refractivity contribution in [2.45, 2.75) is 121 Å². The van der Waals surface area contributed by atoms with Crippen LogP contribution in [-0.4, -0.2) is 97.8 Å². The highest BCUT2D eigenvalue weighted by Crippen LogP contribution is 2.22. The van der Waals surface area contributed by atoms with Crippen molar-refractivity contribution in [3.05, 3.63) is 59.7 Å². The Hall–Kier alpha value is -4.69. The first kappa shape index (κ1) is 41.7. The summed E-state index contributed by atoms with van der Waals surface area (Å²) in [7, 11) is 0. The zero-order chi connectivity index (χ0) is 38.4. The van der Waals surface area contributed by atoms with Crippen molar-refractivity contribution in [3.63, 3.8) is 0 Å². The molecular formula is C38H55N5O9. The zero-order valence-electron chi connectivity index (χ0n) is 30.3. The molecule has 0 aliphatic carbocycles. The highest BCUT2D eigenvalue weighted by molar-refractivity contribution is 5.96. The third-order valence-electron chi connectivity index (χ3n) is 9.38. The van der Waals surface area contributed by atoms with Crippen molar-refractivity contribution in [2.75, 3.05) is 6.54 Å². The Bertz CT molecular complexity index is 1480. The number of nitrogens with one attached hydrogen (secondary N) is 3. The van der Waals surface area contributed by atoms with Crippen LogP contribution in [0, 0.1) is 5.92 Å². The number of unbranched alkanes of at least 4 members (excludes halogenated alkanes) is 4. The lowest BCUT2D eigenvalue weighted by atomic mass is 9.99. The molecule has 14 nitrogen and oxygen atoms in total. The SMILES string of the molecule is CCCCCCCC(N)C(O)C(=O)NC(C(=O)N1CCCC1C(=O)NC(Cc1ccc(O)cc1)C(=O)NC(Cc1ccc(O)cc1)C(=O)O)C(C)C. The highest BCUT2D eigenvalue weighted by atomic mass is 16.4. The number of carboxylic acid groups (broad SMARTS) is 1. The van der Waals surface area contributed by atoms with Gasteiger partial charge in [-0.1, -0.05) is 77.1 Å². The van der Waals surface area contributed by atoms with Crippen LogP contribution < -0.4 is 21.7 Å². The maximum absolute atomic E-state index is 13.9. The number of amides is 4. The van der Waals surface area contributed by atoms with Crippen LogP contribution in [0.25, 0.3) is 0 Å². The number of carbonyl (C=O) groups is 5. The van der Waals surface area contributed by atoms with E-state index in [0.717, 1.165) is 32.1 Å². The van der Waals surface area contributed by atoms with E-state index in [1.54, 1.807) is 26.0 Å². The molecule has 3 rings (SSSR count). The van der Waals surface area contributed by atoms with E-state index in [-0.39, 0.29) is 37.3 Å². The molecule has 52 heavy (non-hydrogen) atoms. The third-order valence-corrected chi connectivity index (χ3v) is 9.38. The molecule has 0 aromatic heterocycles. The molecular weight excluding hydrogens is 670 g/mol. The molecule has 6 atom stereocenters. The number of phenolic OH excluding ortho intramolecular Hbond substituents is 2. The van der Waals surface area contributed by atoms with E-state index in [2.05, 4.69) is 22.9 Å². The van der Waals surface area contributed by atoms with Crippen LogP contribution in [-0.2, 0) is 36.8 Å². The number of nitrogens with zero attached hydrogens (tertiary/aromatic N) is 1. The second-order valence-electron chi connectivity index (χ2n) is 13.9. The van der Waals surface area contributed by atoms with E-state index in [1.807, 2.05) is 0 Å². The average Bonchev–Trinajstić information content (AvgIpc) is 3.61. The monoisotopic (exact) mass is 725 g/mol. The molecule has 0 spiro atoms. The number of benzene rings is 2. The van der Waals surface area contributed by atoms with Gasteiger partial charge in [0, 0.05) is 25.4 Å². The lowest BCUT2D eigenvalue weighted by Crippen LogP contribution is -2.59. The number of hydrogen-bond donors (Lipinski definition) is 8. The molecule has 0 radical (unpaired) electrons. The maximum Gasteiger partial charge on any atom is 0.326 e. The molecule has 1 saturated heterocycles. The molecule has 1 fully saturated rings. The van der Waals surface area contributed by atoms with Gasteiger partial charge in [-0.3, -0.25) is 19.2 Å². The van der Waals surface area contributed by atoms with Gasteiger partial charge in [0.25, 0.3) is 5.91 Å². The van der Waals surface area contributed by atoms with Crippen molar-refractivity contribution in [1.82, 2.24) is 20.9 Å². The average molecular weight is 726 g/mol. The predicted molar refractivity (Wildman–Crippen MR) is 194 cm³/mol. The molecule has 1 heterocycles. The van der Waals surface area contributed by atoms with Gasteiger partial charge in [0.2, 0.25) is 17.7 Å². The van der Waals surface area contributed by atoms with Gasteiger partial charge in [0.15, 0.2) is 0 Å². The topological polar surface area (TPSA) is 232 Å². The maximum atomic E-state index is 13.9. The van der Waals surface area contributed by atoms with Gasteiger partial charge in [-0.15, -0.1) is 0 Å².